The van der Waals surface area contributed by atoms with Crippen LogP contribution in [0.25, 0.3) is 0 Å². The Balaban J connectivity index is 2.62. The fourth-order valence-electron chi connectivity index (χ4n) is 2.77. The van der Waals surface area contributed by atoms with Crippen LogP contribution in [0.1, 0.15) is 52.9 Å². The van der Waals surface area contributed by atoms with Crippen molar-refractivity contribution in [2.45, 2.75) is 64.5 Å². The third-order valence-electron chi connectivity index (χ3n) is 3.54. The SMILES string of the molecule is CC(C)(C)N(C(=O)O)[C@H]1CC[C@H](CC=O)CC1. The minimum Gasteiger partial charge on any atom is -0.465 e. The first-order valence-electron chi connectivity index (χ1n) is 6.32. The Bertz CT molecular complexity index is 275. The van der Waals surface area contributed by atoms with Crippen molar-refractivity contribution in [2.75, 3.05) is 0 Å². The van der Waals surface area contributed by atoms with Gasteiger partial charge in [-0.1, -0.05) is 0 Å². The van der Waals surface area contributed by atoms with E-state index < -0.39 is 6.09 Å². The Kier molecular flexibility index (Phi) is 4.54. The van der Waals surface area contributed by atoms with E-state index in [1.165, 1.54) is 0 Å². The van der Waals surface area contributed by atoms with Gasteiger partial charge < -0.3 is 14.8 Å². The van der Waals surface area contributed by atoms with Crippen LogP contribution in [0.15, 0.2) is 0 Å². The van der Waals surface area contributed by atoms with Gasteiger partial charge in [0.1, 0.15) is 6.29 Å². The lowest BCUT2D eigenvalue weighted by Crippen LogP contribution is -2.52. The molecule has 0 atom stereocenters. The first-order chi connectivity index (χ1) is 7.86. The Hall–Kier alpha value is -1.06. The molecule has 0 aromatic rings. The molecule has 0 spiro atoms. The quantitative estimate of drug-likeness (QED) is 0.773. The van der Waals surface area contributed by atoms with E-state index in [0.717, 1.165) is 32.0 Å². The zero-order valence-electron chi connectivity index (χ0n) is 11.0. The second-order valence-electron chi connectivity index (χ2n) is 5.90. The molecule has 0 saturated heterocycles. The van der Waals surface area contributed by atoms with Crippen LogP contribution in [0.5, 0.6) is 0 Å². The molecule has 98 valence electrons. The number of carbonyl (C=O) groups is 2. The highest BCUT2D eigenvalue weighted by Crippen LogP contribution is 2.32. The predicted molar refractivity (Wildman–Crippen MR) is 66.0 cm³/mol. The monoisotopic (exact) mass is 241 g/mol. The van der Waals surface area contributed by atoms with E-state index in [1.807, 2.05) is 20.8 Å². The molecular formula is C13H23NO3. The summed E-state index contributed by atoms with van der Waals surface area (Å²) in [7, 11) is 0. The lowest BCUT2D eigenvalue weighted by molar-refractivity contribution is -0.109. The van der Waals surface area contributed by atoms with Crippen molar-refractivity contribution in [1.29, 1.82) is 0 Å². The highest BCUT2D eigenvalue weighted by molar-refractivity contribution is 5.66. The number of rotatable bonds is 3. The topological polar surface area (TPSA) is 57.6 Å². The van der Waals surface area contributed by atoms with Crippen molar-refractivity contribution in [3.63, 3.8) is 0 Å². The van der Waals surface area contributed by atoms with Crippen molar-refractivity contribution >= 4 is 12.4 Å². The van der Waals surface area contributed by atoms with E-state index in [2.05, 4.69) is 0 Å². The van der Waals surface area contributed by atoms with Gasteiger partial charge in [-0.2, -0.15) is 0 Å². The number of nitrogens with zero attached hydrogens (tertiary/aromatic N) is 1. The molecule has 0 bridgehead atoms. The van der Waals surface area contributed by atoms with Crippen LogP contribution in [-0.2, 0) is 4.79 Å². The lowest BCUT2D eigenvalue weighted by atomic mass is 9.82. The van der Waals surface area contributed by atoms with Crippen LogP contribution < -0.4 is 0 Å². The Morgan fingerprint density at radius 1 is 1.29 bits per heavy atom. The van der Waals surface area contributed by atoms with E-state index in [-0.39, 0.29) is 11.6 Å². The maximum absolute atomic E-state index is 11.3. The van der Waals surface area contributed by atoms with Gasteiger partial charge in [0.25, 0.3) is 0 Å². The van der Waals surface area contributed by atoms with E-state index >= 15 is 0 Å². The molecule has 1 aliphatic carbocycles. The summed E-state index contributed by atoms with van der Waals surface area (Å²) in [5.74, 6) is 0.458. The molecule has 1 rings (SSSR count). The summed E-state index contributed by atoms with van der Waals surface area (Å²) in [6, 6.07) is 0.107. The molecule has 1 N–H and O–H groups in total. The minimum atomic E-state index is -0.837. The predicted octanol–water partition coefficient (Wildman–Crippen LogP) is 2.91. The number of amides is 1. The summed E-state index contributed by atoms with van der Waals surface area (Å²) in [6.07, 6.45) is 4.44. The van der Waals surface area contributed by atoms with Crippen LogP contribution in [0.4, 0.5) is 4.79 Å². The highest BCUT2D eigenvalue weighted by Gasteiger charge is 2.35. The van der Waals surface area contributed by atoms with Gasteiger partial charge in [0, 0.05) is 18.0 Å². The molecule has 1 amide bonds. The van der Waals surface area contributed by atoms with Crippen molar-refractivity contribution in [1.82, 2.24) is 4.90 Å². The van der Waals surface area contributed by atoms with Gasteiger partial charge in [0.05, 0.1) is 0 Å². The van der Waals surface area contributed by atoms with E-state index in [1.54, 1.807) is 4.90 Å². The summed E-state index contributed by atoms with van der Waals surface area (Å²) in [4.78, 5) is 23.3. The van der Waals surface area contributed by atoms with Gasteiger partial charge in [-0.15, -0.1) is 0 Å². The molecule has 0 aromatic carbocycles. The van der Waals surface area contributed by atoms with Gasteiger partial charge in [-0.25, -0.2) is 4.79 Å². The summed E-state index contributed by atoms with van der Waals surface area (Å²) < 4.78 is 0. The fourth-order valence-corrected chi connectivity index (χ4v) is 2.77. The van der Waals surface area contributed by atoms with Gasteiger partial charge >= 0.3 is 6.09 Å². The molecule has 4 nitrogen and oxygen atoms in total. The van der Waals surface area contributed by atoms with Crippen molar-refractivity contribution in [3.8, 4) is 0 Å². The normalized spacial score (nSPS) is 25.4. The van der Waals surface area contributed by atoms with Gasteiger partial charge in [0.15, 0.2) is 0 Å². The van der Waals surface area contributed by atoms with Crippen LogP contribution in [0.3, 0.4) is 0 Å². The zero-order chi connectivity index (χ0) is 13.1. The Morgan fingerprint density at radius 2 is 1.82 bits per heavy atom. The largest absolute Gasteiger partial charge is 0.465 e. The Morgan fingerprint density at radius 3 is 2.18 bits per heavy atom. The van der Waals surface area contributed by atoms with Gasteiger partial charge in [-0.3, -0.25) is 0 Å². The molecule has 0 aliphatic heterocycles. The van der Waals surface area contributed by atoms with Gasteiger partial charge in [-0.05, 0) is 52.4 Å². The molecule has 17 heavy (non-hydrogen) atoms. The van der Waals surface area contributed by atoms with Crippen LogP contribution >= 0.6 is 0 Å². The summed E-state index contributed by atoms with van der Waals surface area (Å²) in [5.41, 5.74) is -0.353. The van der Waals surface area contributed by atoms with E-state index in [0.29, 0.717) is 12.3 Å². The number of hydrogen-bond acceptors (Lipinski definition) is 2. The molecule has 1 saturated carbocycles. The van der Waals surface area contributed by atoms with Crippen LogP contribution in [0, 0.1) is 5.92 Å². The highest BCUT2D eigenvalue weighted by atomic mass is 16.4. The Labute approximate surface area is 103 Å². The molecule has 0 radical (unpaired) electrons. The third kappa shape index (κ3) is 3.72. The molecule has 0 aromatic heterocycles. The molecular weight excluding hydrogens is 218 g/mol. The fraction of sp³-hybridized carbons (Fsp3) is 0.846. The molecule has 0 heterocycles. The summed E-state index contributed by atoms with van der Waals surface area (Å²) in [5, 5.41) is 9.30. The number of carboxylic acid groups (broad SMARTS) is 1. The maximum atomic E-state index is 11.3. The summed E-state index contributed by atoms with van der Waals surface area (Å²) in [6.45, 7) is 5.79. The second kappa shape index (κ2) is 5.52. The molecule has 1 fully saturated rings. The van der Waals surface area contributed by atoms with Crippen molar-refractivity contribution in [2.24, 2.45) is 5.92 Å². The average Bonchev–Trinajstić information content (AvgIpc) is 2.18. The van der Waals surface area contributed by atoms with E-state index in [4.69, 9.17) is 0 Å². The second-order valence-corrected chi connectivity index (χ2v) is 5.90. The van der Waals surface area contributed by atoms with Crippen molar-refractivity contribution in [3.05, 3.63) is 0 Å². The lowest BCUT2D eigenvalue weighted by Gasteiger charge is -2.42. The minimum absolute atomic E-state index is 0.107. The molecule has 4 heteroatoms. The molecule has 1 aliphatic rings. The van der Waals surface area contributed by atoms with Crippen molar-refractivity contribution < 1.29 is 14.7 Å². The maximum Gasteiger partial charge on any atom is 0.407 e. The van der Waals surface area contributed by atoms with Gasteiger partial charge in [0.2, 0.25) is 0 Å². The summed E-state index contributed by atoms with van der Waals surface area (Å²) >= 11 is 0. The first kappa shape index (κ1) is 14.0. The average molecular weight is 241 g/mol. The van der Waals surface area contributed by atoms with Crippen LogP contribution in [0.2, 0.25) is 0 Å². The number of hydrogen-bond donors (Lipinski definition) is 1. The smallest absolute Gasteiger partial charge is 0.407 e. The zero-order valence-corrected chi connectivity index (χ0v) is 11.0. The number of carbonyl (C=O) groups excluding carboxylic acids is 1. The number of aldehydes is 1. The standard InChI is InChI=1S/C13H23NO3/c1-13(2,3)14(12(16)17)11-6-4-10(5-7-11)8-9-15/h9-11H,4-8H2,1-3H3,(H,16,17)/t10-,11-. The molecule has 0 unspecified atom stereocenters. The first-order valence-corrected chi connectivity index (χ1v) is 6.32. The third-order valence-corrected chi connectivity index (χ3v) is 3.54. The van der Waals surface area contributed by atoms with E-state index in [9.17, 15) is 14.7 Å². The van der Waals surface area contributed by atoms with Crippen LogP contribution in [-0.4, -0.2) is 34.0 Å².